The fourth-order valence-electron chi connectivity index (χ4n) is 1.78. The molecule has 0 bridgehead atoms. The summed E-state index contributed by atoms with van der Waals surface area (Å²) < 4.78 is 0.853. The molecule has 6 heteroatoms. The van der Waals surface area contributed by atoms with Crippen molar-refractivity contribution < 1.29 is 0 Å². The van der Waals surface area contributed by atoms with Crippen LogP contribution >= 0.6 is 15.9 Å². The molecule has 0 fully saturated rings. The van der Waals surface area contributed by atoms with Gasteiger partial charge in [0.05, 0.1) is 11.3 Å². The third-order valence-electron chi connectivity index (χ3n) is 3.07. The van der Waals surface area contributed by atoms with Crippen LogP contribution < -0.4 is 11.1 Å². The Hall–Kier alpha value is -2.13. The average Bonchev–Trinajstić information content (AvgIpc) is 2.45. The number of anilines is 3. The van der Waals surface area contributed by atoms with Gasteiger partial charge in [-0.15, -0.1) is 0 Å². The minimum atomic E-state index is 0.175. The van der Waals surface area contributed by atoms with Crippen molar-refractivity contribution in [1.29, 1.82) is 5.26 Å². The molecule has 0 aliphatic carbocycles. The summed E-state index contributed by atoms with van der Waals surface area (Å²) in [5.74, 6) is 1.93. The molecule has 2 rings (SSSR count). The van der Waals surface area contributed by atoms with Crippen LogP contribution in [0.3, 0.4) is 0 Å². The summed E-state index contributed by atoms with van der Waals surface area (Å²) in [6.45, 7) is 5.87. The predicted molar refractivity (Wildman–Crippen MR) is 87.4 cm³/mol. The van der Waals surface area contributed by atoms with E-state index in [4.69, 9.17) is 5.73 Å². The predicted octanol–water partition coefficient (Wildman–Crippen LogP) is 3.87. The molecular formula is C15H16BrN5. The highest BCUT2D eigenvalue weighted by molar-refractivity contribution is 9.10. The molecule has 0 unspecified atom stereocenters. The Balaban J connectivity index is 2.47. The molecule has 0 aliphatic rings. The van der Waals surface area contributed by atoms with Gasteiger partial charge in [-0.05, 0) is 25.1 Å². The summed E-state index contributed by atoms with van der Waals surface area (Å²) >= 11 is 3.35. The molecule has 0 saturated heterocycles. The molecule has 0 saturated carbocycles. The number of nitriles is 1. The number of nitrogen functional groups attached to an aromatic ring is 1. The quantitative estimate of drug-likeness (QED) is 0.881. The zero-order valence-corrected chi connectivity index (χ0v) is 13.7. The van der Waals surface area contributed by atoms with Crippen LogP contribution in [0, 0.1) is 18.3 Å². The number of hydrogen-bond donors (Lipinski definition) is 2. The summed E-state index contributed by atoms with van der Waals surface area (Å²) in [4.78, 5) is 8.79. The van der Waals surface area contributed by atoms with Gasteiger partial charge in [0.25, 0.3) is 0 Å². The van der Waals surface area contributed by atoms with E-state index in [0.717, 1.165) is 10.0 Å². The standard InChI is InChI=1S/C15H16BrN5/c1-8(2)14-20-13(18)9(3)15(21-14)19-12-5-4-11(16)6-10(12)7-17/h4-6,8H,1-3H3,(H3,18,19,20,21). The maximum Gasteiger partial charge on any atom is 0.139 e. The number of hydrogen-bond acceptors (Lipinski definition) is 5. The first kappa shape index (κ1) is 15.3. The molecule has 21 heavy (non-hydrogen) atoms. The highest BCUT2D eigenvalue weighted by atomic mass is 79.9. The van der Waals surface area contributed by atoms with Gasteiger partial charge in [-0.1, -0.05) is 29.8 Å². The van der Waals surface area contributed by atoms with E-state index in [1.165, 1.54) is 0 Å². The van der Waals surface area contributed by atoms with Crippen LogP contribution in [0.1, 0.15) is 36.7 Å². The highest BCUT2D eigenvalue weighted by Gasteiger charge is 2.13. The first-order valence-electron chi connectivity index (χ1n) is 6.53. The SMILES string of the molecule is Cc1c(N)nc(C(C)C)nc1Nc1ccc(Br)cc1C#N. The second-order valence-electron chi connectivity index (χ2n) is 5.02. The van der Waals surface area contributed by atoms with E-state index in [1.54, 1.807) is 6.07 Å². The van der Waals surface area contributed by atoms with Crippen molar-refractivity contribution in [2.75, 3.05) is 11.1 Å². The minimum absolute atomic E-state index is 0.175. The van der Waals surface area contributed by atoms with Crippen LogP contribution in [0.2, 0.25) is 0 Å². The second-order valence-corrected chi connectivity index (χ2v) is 5.94. The molecule has 108 valence electrons. The summed E-state index contributed by atoms with van der Waals surface area (Å²) in [7, 11) is 0. The first-order chi connectivity index (χ1) is 9.92. The van der Waals surface area contributed by atoms with Crippen molar-refractivity contribution >= 4 is 33.3 Å². The highest BCUT2D eigenvalue weighted by Crippen LogP contribution is 2.27. The molecule has 0 spiro atoms. The van der Waals surface area contributed by atoms with Crippen LogP contribution in [-0.4, -0.2) is 9.97 Å². The number of halogens is 1. The van der Waals surface area contributed by atoms with Crippen LogP contribution in [0.15, 0.2) is 22.7 Å². The van der Waals surface area contributed by atoms with Gasteiger partial charge < -0.3 is 11.1 Å². The van der Waals surface area contributed by atoms with Crippen molar-refractivity contribution in [3.8, 4) is 6.07 Å². The summed E-state index contributed by atoms with van der Waals surface area (Å²) in [6, 6.07) is 7.61. The molecule has 0 radical (unpaired) electrons. The Morgan fingerprint density at radius 3 is 2.67 bits per heavy atom. The lowest BCUT2D eigenvalue weighted by molar-refractivity contribution is 0.776. The van der Waals surface area contributed by atoms with Crippen molar-refractivity contribution in [3.63, 3.8) is 0 Å². The van der Waals surface area contributed by atoms with Gasteiger partial charge in [0.15, 0.2) is 0 Å². The Kier molecular flexibility index (Phi) is 4.43. The third kappa shape index (κ3) is 3.31. The monoisotopic (exact) mass is 345 g/mol. The lowest BCUT2D eigenvalue weighted by atomic mass is 10.1. The van der Waals surface area contributed by atoms with Crippen LogP contribution in [0.4, 0.5) is 17.3 Å². The van der Waals surface area contributed by atoms with E-state index in [-0.39, 0.29) is 5.92 Å². The lowest BCUT2D eigenvalue weighted by Gasteiger charge is -2.14. The van der Waals surface area contributed by atoms with E-state index in [1.807, 2.05) is 32.9 Å². The molecule has 1 aromatic heterocycles. The summed E-state index contributed by atoms with van der Waals surface area (Å²) in [5, 5.41) is 12.4. The fourth-order valence-corrected chi connectivity index (χ4v) is 2.14. The summed E-state index contributed by atoms with van der Waals surface area (Å²) in [6.07, 6.45) is 0. The van der Waals surface area contributed by atoms with Gasteiger partial charge in [-0.25, -0.2) is 9.97 Å². The molecule has 1 heterocycles. The van der Waals surface area contributed by atoms with Gasteiger partial charge in [-0.2, -0.15) is 5.26 Å². The van der Waals surface area contributed by atoms with Gasteiger partial charge in [0, 0.05) is 16.0 Å². The van der Waals surface area contributed by atoms with Crippen LogP contribution in [0.5, 0.6) is 0 Å². The normalized spacial score (nSPS) is 10.5. The Morgan fingerprint density at radius 1 is 1.33 bits per heavy atom. The van der Waals surface area contributed by atoms with Gasteiger partial charge in [0.2, 0.25) is 0 Å². The van der Waals surface area contributed by atoms with Crippen LogP contribution in [0.25, 0.3) is 0 Å². The van der Waals surface area contributed by atoms with E-state index in [0.29, 0.717) is 28.7 Å². The van der Waals surface area contributed by atoms with Crippen LogP contribution in [-0.2, 0) is 0 Å². The average molecular weight is 346 g/mol. The Labute approximate surface area is 132 Å². The molecule has 5 nitrogen and oxygen atoms in total. The summed E-state index contributed by atoms with van der Waals surface area (Å²) in [5.41, 5.74) is 7.94. The molecule has 3 N–H and O–H groups in total. The molecular weight excluding hydrogens is 330 g/mol. The molecule has 0 atom stereocenters. The number of nitrogens with two attached hydrogens (primary N) is 1. The zero-order chi connectivity index (χ0) is 15.6. The smallest absolute Gasteiger partial charge is 0.139 e. The first-order valence-corrected chi connectivity index (χ1v) is 7.32. The van der Waals surface area contributed by atoms with Crippen molar-refractivity contribution in [2.45, 2.75) is 26.7 Å². The van der Waals surface area contributed by atoms with Crippen molar-refractivity contribution in [3.05, 3.63) is 39.6 Å². The molecule has 0 amide bonds. The molecule has 1 aromatic carbocycles. The topological polar surface area (TPSA) is 87.6 Å². The van der Waals surface area contributed by atoms with Crippen molar-refractivity contribution in [1.82, 2.24) is 9.97 Å². The Bertz CT molecular complexity index is 719. The van der Waals surface area contributed by atoms with Gasteiger partial charge in [-0.3, -0.25) is 0 Å². The Morgan fingerprint density at radius 2 is 2.05 bits per heavy atom. The molecule has 0 aliphatic heterocycles. The third-order valence-corrected chi connectivity index (χ3v) is 3.57. The fraction of sp³-hybridized carbons (Fsp3) is 0.267. The number of rotatable bonds is 3. The lowest BCUT2D eigenvalue weighted by Crippen LogP contribution is -2.08. The number of nitrogens with zero attached hydrogens (tertiary/aromatic N) is 3. The van der Waals surface area contributed by atoms with Crippen molar-refractivity contribution in [2.24, 2.45) is 0 Å². The van der Waals surface area contributed by atoms with E-state index in [2.05, 4.69) is 37.3 Å². The van der Waals surface area contributed by atoms with E-state index < -0.39 is 0 Å². The maximum absolute atomic E-state index is 9.22. The van der Waals surface area contributed by atoms with Gasteiger partial charge >= 0.3 is 0 Å². The second kappa shape index (κ2) is 6.10. The van der Waals surface area contributed by atoms with E-state index >= 15 is 0 Å². The number of benzene rings is 1. The largest absolute Gasteiger partial charge is 0.383 e. The number of nitrogens with one attached hydrogen (secondary N) is 1. The van der Waals surface area contributed by atoms with E-state index in [9.17, 15) is 5.26 Å². The molecule has 2 aromatic rings. The number of aromatic nitrogens is 2. The minimum Gasteiger partial charge on any atom is -0.383 e. The zero-order valence-electron chi connectivity index (χ0n) is 12.1. The van der Waals surface area contributed by atoms with Gasteiger partial charge in [0.1, 0.15) is 23.5 Å². The maximum atomic E-state index is 9.22.